The lowest BCUT2D eigenvalue weighted by atomic mass is 9.32. The molecule has 9 aromatic carbocycles. The van der Waals surface area contributed by atoms with Gasteiger partial charge in [0.15, 0.2) is 0 Å². The van der Waals surface area contributed by atoms with Gasteiger partial charge in [0.1, 0.15) is 0 Å². The molecule has 0 saturated carbocycles. The smallest absolute Gasteiger partial charge is 0.253 e. The standard InChI is InChI=1S/C66H65BN2/c1-63(2,3)48-36-49(64(4,5)6)39-52(38-48)68-56-32-30-45-22-16-18-24-54(45)60(56)67-61-55-25-19-17-23-46(55)31-33-57(61)69(53-40-50(65(7,8)9)37-51(41-53)66(10,11)12)59-35-47(34-58(68)62(59)67)44-28-26-43(27-29-44)42-20-14-13-15-21-42/h13-41H,1-12H3. The van der Waals surface area contributed by atoms with Gasteiger partial charge in [0.2, 0.25) is 0 Å². The Morgan fingerprint density at radius 1 is 0.290 bits per heavy atom. The number of nitrogens with zero attached hydrogens (tertiary/aromatic N) is 2. The second kappa shape index (κ2) is 15.9. The Labute approximate surface area is 411 Å². The molecule has 0 radical (unpaired) electrons. The number of hydrogen-bond donors (Lipinski definition) is 0. The van der Waals surface area contributed by atoms with E-state index in [2.05, 4.69) is 269 Å². The van der Waals surface area contributed by atoms with Crippen molar-refractivity contribution >= 4 is 78.8 Å². The van der Waals surface area contributed by atoms with Crippen molar-refractivity contribution in [3.63, 3.8) is 0 Å². The first-order valence-electron chi connectivity index (χ1n) is 25.0. The molecular formula is C66H65BN2. The molecule has 69 heavy (non-hydrogen) atoms. The fourth-order valence-electron chi connectivity index (χ4n) is 11.0. The van der Waals surface area contributed by atoms with Gasteiger partial charge in [0.25, 0.3) is 6.71 Å². The highest BCUT2D eigenvalue weighted by atomic mass is 15.2. The summed E-state index contributed by atoms with van der Waals surface area (Å²) in [4.78, 5) is 5.29. The molecule has 11 rings (SSSR count). The maximum atomic E-state index is 2.64. The molecular weight excluding hydrogens is 832 g/mol. The van der Waals surface area contributed by atoms with Crippen molar-refractivity contribution < 1.29 is 0 Å². The summed E-state index contributed by atoms with van der Waals surface area (Å²) >= 11 is 0. The van der Waals surface area contributed by atoms with Gasteiger partial charge in [0, 0.05) is 34.1 Å². The van der Waals surface area contributed by atoms with Gasteiger partial charge in [0.05, 0.1) is 0 Å². The first-order valence-corrected chi connectivity index (χ1v) is 25.0. The van der Waals surface area contributed by atoms with Crippen LogP contribution >= 0.6 is 0 Å². The Morgan fingerprint density at radius 2 is 0.638 bits per heavy atom. The lowest BCUT2D eigenvalue weighted by Crippen LogP contribution is -2.61. The van der Waals surface area contributed by atoms with Crippen LogP contribution in [0.5, 0.6) is 0 Å². The third-order valence-corrected chi connectivity index (χ3v) is 15.0. The van der Waals surface area contributed by atoms with Gasteiger partial charge in [-0.3, -0.25) is 0 Å². The predicted molar refractivity (Wildman–Crippen MR) is 301 cm³/mol. The van der Waals surface area contributed by atoms with Gasteiger partial charge in [-0.25, -0.2) is 0 Å². The molecule has 0 atom stereocenters. The average Bonchev–Trinajstić information content (AvgIpc) is 3.32. The summed E-state index contributed by atoms with van der Waals surface area (Å²) in [5.41, 5.74) is 21.2. The van der Waals surface area contributed by atoms with Gasteiger partial charge < -0.3 is 9.80 Å². The number of rotatable bonds is 4. The van der Waals surface area contributed by atoms with Crippen LogP contribution in [-0.4, -0.2) is 6.71 Å². The van der Waals surface area contributed by atoms with Crippen LogP contribution in [0, 0.1) is 0 Å². The second-order valence-corrected chi connectivity index (χ2v) is 24.0. The van der Waals surface area contributed by atoms with E-state index in [1.807, 2.05) is 0 Å². The average molecular weight is 897 g/mol. The van der Waals surface area contributed by atoms with E-state index in [0.29, 0.717) is 0 Å². The largest absolute Gasteiger partial charge is 0.311 e. The van der Waals surface area contributed by atoms with Crippen molar-refractivity contribution in [1.82, 2.24) is 0 Å². The van der Waals surface area contributed by atoms with Crippen molar-refractivity contribution in [3.05, 3.63) is 198 Å². The van der Waals surface area contributed by atoms with Crippen molar-refractivity contribution in [2.45, 2.75) is 105 Å². The van der Waals surface area contributed by atoms with Crippen molar-refractivity contribution in [2.24, 2.45) is 0 Å². The van der Waals surface area contributed by atoms with E-state index in [0.717, 1.165) is 0 Å². The molecule has 0 unspecified atom stereocenters. The van der Waals surface area contributed by atoms with Crippen LogP contribution in [0.25, 0.3) is 43.8 Å². The minimum Gasteiger partial charge on any atom is -0.311 e. The quantitative estimate of drug-likeness (QED) is 0.162. The van der Waals surface area contributed by atoms with Gasteiger partial charge in [-0.05, 0) is 153 Å². The van der Waals surface area contributed by atoms with Crippen LogP contribution in [0.1, 0.15) is 105 Å². The van der Waals surface area contributed by atoms with Gasteiger partial charge in [-0.15, -0.1) is 0 Å². The van der Waals surface area contributed by atoms with Crippen LogP contribution in [0.4, 0.5) is 34.1 Å². The highest BCUT2D eigenvalue weighted by Gasteiger charge is 2.46. The topological polar surface area (TPSA) is 6.48 Å². The van der Waals surface area contributed by atoms with Crippen molar-refractivity contribution in [3.8, 4) is 22.3 Å². The minimum absolute atomic E-state index is 0.0556. The Morgan fingerprint density at radius 3 is 1.03 bits per heavy atom. The summed E-state index contributed by atoms with van der Waals surface area (Å²) in [7, 11) is 0. The minimum atomic E-state index is -0.0696. The van der Waals surface area contributed by atoms with Crippen molar-refractivity contribution in [2.75, 3.05) is 9.80 Å². The van der Waals surface area contributed by atoms with E-state index in [9.17, 15) is 0 Å². The Hall–Kier alpha value is -6.84. The monoisotopic (exact) mass is 897 g/mol. The van der Waals surface area contributed by atoms with E-state index in [4.69, 9.17) is 0 Å². The molecule has 0 saturated heterocycles. The van der Waals surface area contributed by atoms with E-state index in [-0.39, 0.29) is 28.4 Å². The third kappa shape index (κ3) is 7.66. The lowest BCUT2D eigenvalue weighted by molar-refractivity contribution is 0.568. The third-order valence-electron chi connectivity index (χ3n) is 15.0. The molecule has 2 nitrogen and oxygen atoms in total. The summed E-state index contributed by atoms with van der Waals surface area (Å²) in [6.45, 7) is 28.2. The molecule has 0 N–H and O–H groups in total. The zero-order valence-electron chi connectivity index (χ0n) is 42.7. The van der Waals surface area contributed by atoms with Crippen LogP contribution in [0.2, 0.25) is 0 Å². The van der Waals surface area contributed by atoms with Crippen molar-refractivity contribution in [1.29, 1.82) is 0 Å². The number of fused-ring (bicyclic) bond motifs is 8. The zero-order valence-corrected chi connectivity index (χ0v) is 42.7. The fraction of sp³-hybridized carbons (Fsp3) is 0.242. The molecule has 9 aromatic rings. The van der Waals surface area contributed by atoms with E-state index in [1.165, 1.54) is 117 Å². The number of hydrogen-bond acceptors (Lipinski definition) is 2. The van der Waals surface area contributed by atoms with Crippen LogP contribution in [0.15, 0.2) is 176 Å². The van der Waals surface area contributed by atoms with Crippen LogP contribution in [-0.2, 0) is 21.7 Å². The summed E-state index contributed by atoms with van der Waals surface area (Å²) in [6, 6.07) is 67.5. The molecule has 0 fully saturated rings. The summed E-state index contributed by atoms with van der Waals surface area (Å²) in [5.74, 6) is 0. The molecule has 0 spiro atoms. The number of anilines is 6. The first kappa shape index (κ1) is 44.7. The first-order chi connectivity index (χ1) is 32.7. The molecule has 0 bridgehead atoms. The maximum absolute atomic E-state index is 2.64. The molecule has 0 aromatic heterocycles. The van der Waals surface area contributed by atoms with Gasteiger partial charge >= 0.3 is 0 Å². The highest BCUT2D eigenvalue weighted by molar-refractivity contribution is 7.03. The van der Waals surface area contributed by atoms with Crippen LogP contribution < -0.4 is 26.2 Å². The van der Waals surface area contributed by atoms with Gasteiger partial charge in [-0.2, -0.15) is 0 Å². The maximum Gasteiger partial charge on any atom is 0.253 e. The van der Waals surface area contributed by atoms with E-state index < -0.39 is 0 Å². The molecule has 2 aliphatic rings. The molecule has 0 amide bonds. The predicted octanol–water partition coefficient (Wildman–Crippen LogP) is 16.6. The lowest BCUT2D eigenvalue weighted by Gasteiger charge is -2.46. The second-order valence-electron chi connectivity index (χ2n) is 24.0. The molecule has 2 aliphatic heterocycles. The molecule has 3 heteroatoms. The van der Waals surface area contributed by atoms with E-state index >= 15 is 0 Å². The summed E-state index contributed by atoms with van der Waals surface area (Å²) in [5, 5.41) is 5.10. The number of benzene rings is 9. The zero-order chi connectivity index (χ0) is 48.4. The fourth-order valence-corrected chi connectivity index (χ4v) is 11.0. The Balaban J connectivity index is 1.31. The highest BCUT2D eigenvalue weighted by Crippen LogP contribution is 2.50. The summed E-state index contributed by atoms with van der Waals surface area (Å²) < 4.78 is 0. The Bertz CT molecular complexity index is 3230. The molecule has 342 valence electrons. The normalized spacial score (nSPS) is 13.7. The van der Waals surface area contributed by atoms with E-state index in [1.54, 1.807) is 0 Å². The molecule has 2 heterocycles. The summed E-state index contributed by atoms with van der Waals surface area (Å²) in [6.07, 6.45) is 0. The van der Waals surface area contributed by atoms with Gasteiger partial charge in [-0.1, -0.05) is 210 Å². The molecule has 0 aliphatic carbocycles. The van der Waals surface area contributed by atoms with Crippen LogP contribution in [0.3, 0.4) is 0 Å². The SMILES string of the molecule is CC(C)(C)c1cc(N2c3cc(-c4ccc(-c5ccccc5)cc4)cc4c3B(c3c2ccc2ccccc32)c2c(ccc3ccccc23)N4c2cc(C(C)(C)C)cc(C(C)(C)C)c2)cc(C(C)(C)C)c1. The Kier molecular flexibility index (Phi) is 10.3.